The van der Waals surface area contributed by atoms with Gasteiger partial charge in [-0.25, -0.2) is 22.0 Å². The third kappa shape index (κ3) is 2.86. The summed E-state index contributed by atoms with van der Waals surface area (Å²) in [6.45, 7) is 1.98. The third-order valence-electron chi connectivity index (χ3n) is 4.10. The molecule has 0 radical (unpaired) electrons. The Morgan fingerprint density at radius 1 is 1.12 bits per heavy atom. The van der Waals surface area contributed by atoms with Crippen LogP contribution in [0, 0.1) is 11.6 Å². The van der Waals surface area contributed by atoms with Gasteiger partial charge in [0.1, 0.15) is 0 Å². The van der Waals surface area contributed by atoms with Crippen molar-refractivity contribution in [3.05, 3.63) is 64.7 Å². The molecule has 26 heavy (non-hydrogen) atoms. The Bertz CT molecular complexity index is 1010. The maximum Gasteiger partial charge on any atom is 0.351 e. The smallest absolute Gasteiger partial charge is 0.351 e. The number of aryl methyl sites for hydroxylation is 1. The number of carbonyl (C=O) groups excluding carboxylic acids is 1. The second kappa shape index (κ2) is 6.53. The van der Waals surface area contributed by atoms with Gasteiger partial charge in [0.2, 0.25) is 9.84 Å². The Hall–Kier alpha value is -2.74. The Labute approximate surface area is 149 Å². The zero-order chi connectivity index (χ0) is 19.1. The number of hydrogen-bond acceptors (Lipinski definition) is 5. The fraction of sp³-hybridized carbons (Fsp3) is 0.167. The van der Waals surface area contributed by atoms with E-state index in [1.54, 1.807) is 12.1 Å². The van der Waals surface area contributed by atoms with Crippen LogP contribution in [-0.2, 0) is 25.8 Å². The molecule has 0 saturated heterocycles. The first-order valence-electron chi connectivity index (χ1n) is 7.72. The van der Waals surface area contributed by atoms with Crippen LogP contribution in [0.4, 0.5) is 20.2 Å². The number of benzene rings is 2. The van der Waals surface area contributed by atoms with Gasteiger partial charge in [0.15, 0.2) is 16.5 Å². The number of methoxy groups -OCH3 is 1. The minimum atomic E-state index is -4.35. The second-order valence-electron chi connectivity index (χ2n) is 5.61. The van der Waals surface area contributed by atoms with Gasteiger partial charge in [-0.05, 0) is 30.2 Å². The highest BCUT2D eigenvalue weighted by atomic mass is 32.2. The summed E-state index contributed by atoms with van der Waals surface area (Å²) in [5.41, 5.74) is 1.45. The normalized spacial score (nSPS) is 15.2. The van der Waals surface area contributed by atoms with E-state index >= 15 is 0 Å². The quantitative estimate of drug-likeness (QED) is 0.604. The van der Waals surface area contributed by atoms with Crippen LogP contribution in [0.15, 0.2) is 52.4 Å². The number of rotatable bonds is 3. The summed E-state index contributed by atoms with van der Waals surface area (Å²) in [6.07, 6.45) is 1.86. The highest BCUT2D eigenvalue weighted by molar-refractivity contribution is 7.96. The standard InChI is InChI=1S/C18H15F2NO4S/c1-3-11-4-6-12(7-5-11)21-10-17(18(22)25-2)26(23,24)16-9-14(20)13(19)8-15(16)21/h4-10H,3H2,1-2H3. The van der Waals surface area contributed by atoms with Crippen molar-refractivity contribution in [1.29, 1.82) is 0 Å². The molecule has 0 saturated carbocycles. The molecule has 0 aliphatic carbocycles. The summed E-state index contributed by atoms with van der Waals surface area (Å²) in [6, 6.07) is 8.41. The Morgan fingerprint density at radius 3 is 2.31 bits per heavy atom. The molecule has 0 atom stereocenters. The van der Waals surface area contributed by atoms with Crippen LogP contribution in [0.3, 0.4) is 0 Å². The van der Waals surface area contributed by atoms with Crippen molar-refractivity contribution in [3.63, 3.8) is 0 Å². The Balaban J connectivity index is 2.28. The van der Waals surface area contributed by atoms with Crippen molar-refractivity contribution < 1.29 is 26.7 Å². The zero-order valence-corrected chi connectivity index (χ0v) is 14.8. The van der Waals surface area contributed by atoms with E-state index in [2.05, 4.69) is 4.74 Å². The maximum absolute atomic E-state index is 13.8. The minimum absolute atomic E-state index is 0.0826. The molecule has 1 heterocycles. The number of sulfone groups is 1. The number of ether oxygens (including phenoxy) is 1. The van der Waals surface area contributed by atoms with Crippen molar-refractivity contribution in [2.24, 2.45) is 0 Å². The van der Waals surface area contributed by atoms with Crippen LogP contribution in [0.25, 0.3) is 0 Å². The number of esters is 1. The third-order valence-corrected chi connectivity index (χ3v) is 5.85. The van der Waals surface area contributed by atoms with Gasteiger partial charge in [-0.15, -0.1) is 0 Å². The summed E-state index contributed by atoms with van der Waals surface area (Å²) < 4.78 is 57.3. The van der Waals surface area contributed by atoms with E-state index in [-0.39, 0.29) is 5.69 Å². The van der Waals surface area contributed by atoms with E-state index in [1.807, 2.05) is 19.1 Å². The van der Waals surface area contributed by atoms with E-state index in [0.29, 0.717) is 11.8 Å². The summed E-state index contributed by atoms with van der Waals surface area (Å²) >= 11 is 0. The van der Waals surface area contributed by atoms with Gasteiger partial charge in [-0.2, -0.15) is 0 Å². The number of nitrogens with zero attached hydrogens (tertiary/aromatic N) is 1. The predicted molar refractivity (Wildman–Crippen MR) is 91.6 cm³/mol. The summed E-state index contributed by atoms with van der Waals surface area (Å²) in [4.78, 5) is 12.1. The Kier molecular flexibility index (Phi) is 4.53. The molecule has 1 aliphatic heterocycles. The van der Waals surface area contributed by atoms with E-state index in [0.717, 1.165) is 31.4 Å². The molecule has 0 amide bonds. The summed E-state index contributed by atoms with van der Waals surface area (Å²) in [7, 11) is -3.31. The average Bonchev–Trinajstić information content (AvgIpc) is 2.63. The van der Waals surface area contributed by atoms with E-state index in [1.165, 1.54) is 4.90 Å². The lowest BCUT2D eigenvalue weighted by Crippen LogP contribution is -2.26. The fourth-order valence-corrected chi connectivity index (χ4v) is 4.14. The fourth-order valence-electron chi connectivity index (χ4n) is 2.67. The van der Waals surface area contributed by atoms with Gasteiger partial charge in [0.05, 0.1) is 17.7 Å². The molecule has 0 aromatic heterocycles. The molecule has 0 bridgehead atoms. The highest BCUT2D eigenvalue weighted by Crippen LogP contribution is 2.40. The van der Waals surface area contributed by atoms with E-state index in [4.69, 9.17) is 0 Å². The van der Waals surface area contributed by atoms with Crippen molar-refractivity contribution in [2.75, 3.05) is 12.0 Å². The lowest BCUT2D eigenvalue weighted by molar-refractivity contribution is -0.135. The number of carbonyl (C=O) groups is 1. The van der Waals surface area contributed by atoms with Crippen LogP contribution in [0.2, 0.25) is 0 Å². The average molecular weight is 379 g/mol. The van der Waals surface area contributed by atoms with Crippen molar-refractivity contribution in [2.45, 2.75) is 18.2 Å². The first kappa shape index (κ1) is 18.1. The molecule has 5 nitrogen and oxygen atoms in total. The van der Waals surface area contributed by atoms with E-state index < -0.39 is 37.2 Å². The molecule has 2 aromatic carbocycles. The van der Waals surface area contributed by atoms with E-state index in [9.17, 15) is 22.0 Å². The first-order valence-corrected chi connectivity index (χ1v) is 9.20. The van der Waals surface area contributed by atoms with Crippen LogP contribution >= 0.6 is 0 Å². The molecular formula is C18H15F2NO4S. The molecular weight excluding hydrogens is 364 g/mol. The van der Waals surface area contributed by atoms with Crippen molar-refractivity contribution in [1.82, 2.24) is 0 Å². The van der Waals surface area contributed by atoms with Gasteiger partial charge < -0.3 is 9.64 Å². The number of anilines is 2. The minimum Gasteiger partial charge on any atom is -0.465 e. The van der Waals surface area contributed by atoms with Crippen LogP contribution in [0.5, 0.6) is 0 Å². The molecule has 2 aromatic rings. The highest BCUT2D eigenvalue weighted by Gasteiger charge is 2.37. The molecule has 1 aliphatic rings. The van der Waals surface area contributed by atoms with Gasteiger partial charge in [-0.3, -0.25) is 0 Å². The zero-order valence-electron chi connectivity index (χ0n) is 14.0. The number of hydrogen-bond donors (Lipinski definition) is 0. The van der Waals surface area contributed by atoms with Crippen LogP contribution in [0.1, 0.15) is 12.5 Å². The summed E-state index contributed by atoms with van der Waals surface area (Å²) in [5, 5.41) is 0. The molecule has 0 N–H and O–H groups in total. The van der Waals surface area contributed by atoms with Gasteiger partial charge in [0.25, 0.3) is 0 Å². The predicted octanol–water partition coefficient (Wildman–Crippen LogP) is 3.47. The number of fused-ring (bicyclic) bond motifs is 1. The van der Waals surface area contributed by atoms with Crippen molar-refractivity contribution in [3.8, 4) is 0 Å². The molecule has 0 unspecified atom stereocenters. The lowest BCUT2D eigenvalue weighted by Gasteiger charge is -2.28. The van der Waals surface area contributed by atoms with Crippen LogP contribution in [-0.4, -0.2) is 21.5 Å². The van der Waals surface area contributed by atoms with Crippen LogP contribution < -0.4 is 4.90 Å². The Morgan fingerprint density at radius 2 is 1.73 bits per heavy atom. The monoisotopic (exact) mass is 379 g/mol. The lowest BCUT2D eigenvalue weighted by atomic mass is 10.1. The SMILES string of the molecule is CCc1ccc(N2C=C(C(=O)OC)S(=O)(=O)c3cc(F)c(F)cc32)cc1. The molecule has 3 rings (SSSR count). The molecule has 136 valence electrons. The number of halogens is 2. The molecule has 0 spiro atoms. The summed E-state index contributed by atoms with van der Waals surface area (Å²) in [5.74, 6) is -3.60. The second-order valence-corrected chi connectivity index (χ2v) is 7.50. The molecule has 0 fully saturated rings. The van der Waals surface area contributed by atoms with Crippen molar-refractivity contribution >= 4 is 27.2 Å². The van der Waals surface area contributed by atoms with Gasteiger partial charge in [-0.1, -0.05) is 19.1 Å². The largest absolute Gasteiger partial charge is 0.465 e. The maximum atomic E-state index is 13.8. The van der Waals surface area contributed by atoms with Gasteiger partial charge >= 0.3 is 5.97 Å². The van der Waals surface area contributed by atoms with Gasteiger partial charge in [0, 0.05) is 18.0 Å². The molecule has 8 heteroatoms. The first-order chi connectivity index (χ1) is 12.3. The topological polar surface area (TPSA) is 63.7 Å².